The van der Waals surface area contributed by atoms with E-state index in [0.717, 1.165) is 102 Å². The van der Waals surface area contributed by atoms with E-state index in [1.54, 1.807) is 0 Å². The van der Waals surface area contributed by atoms with Gasteiger partial charge in [0.05, 0.1) is 35.3 Å². The van der Waals surface area contributed by atoms with Crippen LogP contribution in [0, 0.1) is 0 Å². The molecule has 0 N–H and O–H groups in total. The van der Waals surface area contributed by atoms with Crippen molar-refractivity contribution in [2.45, 2.75) is 78.6 Å². The number of fused-ring (bicyclic) bond motifs is 6. The van der Waals surface area contributed by atoms with E-state index in [1.807, 2.05) is 18.3 Å². The first-order chi connectivity index (χ1) is 42.1. The molecule has 0 bridgehead atoms. The lowest BCUT2D eigenvalue weighted by molar-refractivity contribution is 0.569. The van der Waals surface area contributed by atoms with Gasteiger partial charge >= 0.3 is 0 Å². The van der Waals surface area contributed by atoms with Crippen LogP contribution >= 0.6 is 0 Å². The third-order valence-electron chi connectivity index (χ3n) is 16.4. The molecule has 1 aromatic heterocycles. The zero-order valence-electron chi connectivity index (χ0n) is 53.8. The van der Waals surface area contributed by atoms with Crippen molar-refractivity contribution < 1.29 is 6.85 Å². The number of pyridine rings is 1. The normalized spacial score (nSPS) is 13.8. The Bertz CT molecular complexity index is 4460. The number of aromatic nitrogens is 1. The lowest BCUT2D eigenvalue weighted by Gasteiger charge is -2.32. The summed E-state index contributed by atoms with van der Waals surface area (Å²) in [5.74, 6) is 0.829. The highest BCUT2D eigenvalue weighted by molar-refractivity contribution is 6.04. The minimum atomic E-state index is -0.428. The fraction of sp³-hybridized carbons (Fsp3) is 0.167. The van der Waals surface area contributed by atoms with Gasteiger partial charge in [-0.25, -0.2) is 4.98 Å². The molecular weight excluding hydrogens is 1010 g/mol. The van der Waals surface area contributed by atoms with Gasteiger partial charge in [0.25, 0.3) is 0 Å². The summed E-state index contributed by atoms with van der Waals surface area (Å²) in [6, 6.07) is 76.1. The molecule has 0 atom stereocenters. The lowest BCUT2D eigenvalue weighted by Crippen LogP contribution is -2.25. The number of benzene rings is 10. The average molecular weight is 1080 g/mol. The zero-order chi connectivity index (χ0) is 61.6. The largest absolute Gasteiger partial charge is 0.321 e. The Balaban J connectivity index is 1.04. The third kappa shape index (κ3) is 9.95. The van der Waals surface area contributed by atoms with E-state index in [9.17, 15) is 2.74 Å². The maximum absolute atomic E-state index is 9.48. The molecule has 83 heavy (non-hydrogen) atoms. The molecule has 3 heterocycles. The quantitative estimate of drug-likeness (QED) is 0.144. The van der Waals surface area contributed by atoms with Gasteiger partial charge in [0.15, 0.2) is 0 Å². The molecule has 0 spiro atoms. The van der Waals surface area contributed by atoms with Crippen LogP contribution in [0.3, 0.4) is 0 Å². The van der Waals surface area contributed by atoms with Crippen molar-refractivity contribution in [1.29, 1.82) is 0 Å². The van der Waals surface area contributed by atoms with Crippen LogP contribution in [0.2, 0.25) is 0 Å². The van der Waals surface area contributed by atoms with E-state index in [-0.39, 0.29) is 46.0 Å². The van der Waals surface area contributed by atoms with Crippen LogP contribution in [0.4, 0.5) is 57.0 Å². The predicted molar refractivity (Wildman–Crippen MR) is 352 cm³/mol. The van der Waals surface area contributed by atoms with Crippen LogP contribution < -0.4 is 19.6 Å². The smallest absolute Gasteiger partial charge is 0.137 e. The molecule has 408 valence electrons. The summed E-state index contributed by atoms with van der Waals surface area (Å²) in [5, 5.41) is 0. The van der Waals surface area contributed by atoms with E-state index in [1.165, 1.54) is 16.7 Å². The summed E-state index contributed by atoms with van der Waals surface area (Å²) >= 11 is 0. The van der Waals surface area contributed by atoms with Crippen LogP contribution in [0.25, 0.3) is 55.6 Å². The fourth-order valence-corrected chi connectivity index (χ4v) is 11.9. The number of rotatable bonds is 9. The molecule has 13 rings (SSSR count). The third-order valence-corrected chi connectivity index (χ3v) is 16.4. The number of para-hydroxylation sites is 5. The maximum atomic E-state index is 9.48. The molecule has 0 saturated carbocycles. The molecule has 0 radical (unpaired) electrons. The van der Waals surface area contributed by atoms with Gasteiger partial charge in [-0.15, -0.1) is 0 Å². The van der Waals surface area contributed by atoms with Gasteiger partial charge in [-0.05, 0) is 139 Å². The molecular formula is C78H71N5. The summed E-state index contributed by atoms with van der Waals surface area (Å²) in [6.45, 7) is 20.5. The van der Waals surface area contributed by atoms with Crippen molar-refractivity contribution in [3.8, 4) is 55.6 Å². The maximum Gasteiger partial charge on any atom is 0.137 e. The number of hydrogen-bond donors (Lipinski definition) is 0. The Morgan fingerprint density at radius 2 is 0.928 bits per heavy atom. The van der Waals surface area contributed by atoms with E-state index >= 15 is 0 Å². The van der Waals surface area contributed by atoms with Gasteiger partial charge < -0.3 is 14.7 Å². The number of anilines is 10. The molecule has 11 aromatic rings. The van der Waals surface area contributed by atoms with Gasteiger partial charge in [0.1, 0.15) is 12.5 Å². The second-order valence-corrected chi connectivity index (χ2v) is 25.0. The summed E-state index contributed by atoms with van der Waals surface area (Å²) in [5.41, 5.74) is 20.6. The Morgan fingerprint density at radius 1 is 0.373 bits per heavy atom. The summed E-state index contributed by atoms with van der Waals surface area (Å²) < 4.78 is 45.5. The zero-order valence-corrected chi connectivity index (χ0v) is 48.8. The fourth-order valence-electron chi connectivity index (χ4n) is 11.9. The molecule has 0 fully saturated rings. The number of hydrogen-bond acceptors (Lipinski definition) is 5. The molecule has 10 aromatic carbocycles. The van der Waals surface area contributed by atoms with Crippen LogP contribution in [-0.4, -0.2) is 11.7 Å². The highest BCUT2D eigenvalue weighted by Crippen LogP contribution is 2.55. The van der Waals surface area contributed by atoms with E-state index < -0.39 is 6.04 Å². The number of nitrogens with zero attached hydrogens (tertiary/aromatic N) is 5. The summed E-state index contributed by atoms with van der Waals surface area (Å²) in [4.78, 5) is 14.5. The Labute approximate surface area is 498 Å². The van der Waals surface area contributed by atoms with Gasteiger partial charge in [0.2, 0.25) is 0 Å². The Kier molecular flexibility index (Phi) is 11.8. The first kappa shape index (κ1) is 47.2. The van der Waals surface area contributed by atoms with Crippen LogP contribution in [-0.2, 0) is 16.2 Å². The van der Waals surface area contributed by atoms with Crippen molar-refractivity contribution in [3.05, 3.63) is 271 Å². The minimum Gasteiger partial charge on any atom is -0.321 e. The standard InChI is InChI=1S/C78H71N5/c1-76(2,3)57-42-43-79-74(49-57)83-70-37-22-21-34-68(70)66-32-19-20-33-67(66)69-41-40-61(51-73(69)83)82(60-30-17-12-18-31-60)63-47-55(53-26-13-10-14-27-53)46-62(50-63)80-52-81(72-39-24-23-38-71(72)80)75-64(54-28-15-11-16-29-54)35-25-36-65(75)56-44-58(77(4,5)6)48-59(45-56)78(7,8)9/h10-51H,52H2,1-9H3/i11D,15D,16D,28D,29D. The second-order valence-electron chi connectivity index (χ2n) is 25.0. The molecule has 2 aliphatic rings. The molecule has 0 amide bonds. The van der Waals surface area contributed by atoms with E-state index in [4.69, 9.17) is 9.10 Å². The lowest BCUT2D eigenvalue weighted by atomic mass is 9.78. The van der Waals surface area contributed by atoms with Crippen LogP contribution in [0.1, 0.15) is 85.9 Å². The first-order valence-electron chi connectivity index (χ1n) is 31.3. The second kappa shape index (κ2) is 20.8. The van der Waals surface area contributed by atoms with Crippen molar-refractivity contribution >= 4 is 57.0 Å². The summed E-state index contributed by atoms with van der Waals surface area (Å²) in [6.07, 6.45) is 1.94. The highest BCUT2D eigenvalue weighted by Gasteiger charge is 2.34. The van der Waals surface area contributed by atoms with Crippen LogP contribution in [0.5, 0.6) is 0 Å². The minimum absolute atomic E-state index is 0.126. The SMILES string of the molecule is [2H]c1c([2H])c([2H])c(-c2cccc(-c3cc(C(C)(C)C)cc(C(C)(C)C)c3)c2N2CN(c3cc(-c4ccccc4)cc(N(c4ccccc4)c4ccc5c(c4)N(c4cc(C(C)(C)C)ccn4)c4ccccc4-c4ccccc4-5)c3)c3ccccc32)c([2H])c1[2H]. The van der Waals surface area contributed by atoms with Gasteiger partial charge in [-0.1, -0.05) is 238 Å². The van der Waals surface area contributed by atoms with Crippen LogP contribution in [0.15, 0.2) is 255 Å². The summed E-state index contributed by atoms with van der Waals surface area (Å²) in [7, 11) is 0. The monoisotopic (exact) mass is 1080 g/mol. The highest BCUT2D eigenvalue weighted by atomic mass is 15.4. The van der Waals surface area contributed by atoms with Crippen molar-refractivity contribution in [2.24, 2.45) is 0 Å². The van der Waals surface area contributed by atoms with Crippen molar-refractivity contribution in [2.75, 3.05) is 26.3 Å². The van der Waals surface area contributed by atoms with E-state index in [0.29, 0.717) is 12.2 Å². The Morgan fingerprint density at radius 3 is 1.58 bits per heavy atom. The van der Waals surface area contributed by atoms with Crippen molar-refractivity contribution in [3.63, 3.8) is 0 Å². The molecule has 5 nitrogen and oxygen atoms in total. The Hall–Kier alpha value is -9.45. The first-order valence-corrected chi connectivity index (χ1v) is 28.8. The topological polar surface area (TPSA) is 25.9 Å². The molecule has 0 saturated heterocycles. The predicted octanol–water partition coefficient (Wildman–Crippen LogP) is 21.8. The van der Waals surface area contributed by atoms with Gasteiger partial charge in [0, 0.05) is 51.2 Å². The van der Waals surface area contributed by atoms with Crippen molar-refractivity contribution in [1.82, 2.24) is 4.98 Å². The molecule has 0 aliphatic carbocycles. The van der Waals surface area contributed by atoms with E-state index in [2.05, 4.69) is 288 Å². The molecule has 2 aliphatic heterocycles. The average Bonchev–Trinajstić information content (AvgIpc) is 1.75. The van der Waals surface area contributed by atoms with Gasteiger partial charge in [-0.2, -0.15) is 0 Å². The van der Waals surface area contributed by atoms with Gasteiger partial charge in [-0.3, -0.25) is 4.90 Å². The molecule has 5 heteroatoms. The molecule has 0 unspecified atom stereocenters.